The van der Waals surface area contributed by atoms with Crippen LogP contribution in [-0.4, -0.2) is 25.3 Å². The van der Waals surface area contributed by atoms with Gasteiger partial charge in [0.05, 0.1) is 0 Å². The van der Waals surface area contributed by atoms with Gasteiger partial charge in [0, 0.05) is 29.3 Å². The topological polar surface area (TPSA) is 15.3 Å². The van der Waals surface area contributed by atoms with E-state index in [0.717, 1.165) is 22.9 Å². The third-order valence-corrected chi connectivity index (χ3v) is 3.90. The fourth-order valence-corrected chi connectivity index (χ4v) is 2.64. The number of hydrogen-bond donors (Lipinski definition) is 1. The number of halogens is 4. The molecular weight excluding hydrogens is 345 g/mol. The van der Waals surface area contributed by atoms with Gasteiger partial charge in [-0.25, -0.2) is 0 Å². The highest BCUT2D eigenvalue weighted by Gasteiger charge is 2.31. The summed E-state index contributed by atoms with van der Waals surface area (Å²) < 4.78 is 39.2. The normalized spacial score (nSPS) is 15.3. The maximum atomic E-state index is 12.8. The molecule has 0 spiro atoms. The van der Waals surface area contributed by atoms with Crippen LogP contribution in [0.25, 0.3) is 0 Å². The number of alkyl halides is 3. The molecule has 0 saturated heterocycles. The second kappa shape index (κ2) is 7.01. The van der Waals surface area contributed by atoms with Gasteiger partial charge in [0.2, 0.25) is 0 Å². The summed E-state index contributed by atoms with van der Waals surface area (Å²) in [6, 6.07) is 6.09. The first-order valence-electron chi connectivity index (χ1n) is 7.22. The molecule has 2 rings (SSSR count). The van der Waals surface area contributed by atoms with Crippen LogP contribution in [-0.2, 0) is 6.54 Å². The van der Waals surface area contributed by atoms with Crippen molar-refractivity contribution in [2.75, 3.05) is 18.0 Å². The highest BCUT2D eigenvalue weighted by Crippen LogP contribution is 2.29. The average Bonchev–Trinajstić information content (AvgIpc) is 3.19. The minimum atomic E-state index is -4.20. The van der Waals surface area contributed by atoms with E-state index >= 15 is 0 Å². The number of anilines is 1. The number of nitrogens with zero attached hydrogens (tertiary/aromatic N) is 1. The molecule has 118 valence electrons. The predicted octanol–water partition coefficient (Wildman–Crippen LogP) is 4.48. The zero-order valence-corrected chi connectivity index (χ0v) is 13.6. The summed E-state index contributed by atoms with van der Waals surface area (Å²) in [4.78, 5) is 1.43. The Balaban J connectivity index is 2.20. The van der Waals surface area contributed by atoms with Crippen LogP contribution in [0.15, 0.2) is 22.7 Å². The molecule has 1 aliphatic carbocycles. The molecular formula is C15H20BrF3N2. The third kappa shape index (κ3) is 5.51. The second-order valence-electron chi connectivity index (χ2n) is 5.46. The van der Waals surface area contributed by atoms with Crippen molar-refractivity contribution < 1.29 is 13.2 Å². The summed E-state index contributed by atoms with van der Waals surface area (Å²) in [6.45, 7) is 1.99. The molecule has 1 aromatic rings. The Bertz CT molecular complexity index is 472. The molecule has 0 aliphatic heterocycles. The molecule has 0 radical (unpaired) electrons. The van der Waals surface area contributed by atoms with Crippen molar-refractivity contribution in [3.05, 3.63) is 28.2 Å². The van der Waals surface area contributed by atoms with Crippen molar-refractivity contribution in [3.63, 3.8) is 0 Å². The van der Waals surface area contributed by atoms with Gasteiger partial charge in [-0.3, -0.25) is 0 Å². The Kier molecular flexibility index (Phi) is 5.54. The lowest BCUT2D eigenvalue weighted by Gasteiger charge is -2.28. The Morgan fingerprint density at radius 2 is 2.05 bits per heavy atom. The standard InChI is InChI=1S/C15H20BrF3N2/c1-2-7-21(10-15(17,18)19)14-8-12(16)4-3-11(14)9-20-13-5-6-13/h3-4,8,13,20H,2,5-7,9-10H2,1H3. The van der Waals surface area contributed by atoms with Crippen LogP contribution in [0.2, 0.25) is 0 Å². The van der Waals surface area contributed by atoms with Gasteiger partial charge in [-0.05, 0) is 37.0 Å². The average molecular weight is 365 g/mol. The summed E-state index contributed by atoms with van der Waals surface area (Å²) >= 11 is 3.36. The summed E-state index contributed by atoms with van der Waals surface area (Å²) in [5.74, 6) is 0. The summed E-state index contributed by atoms with van der Waals surface area (Å²) in [5.41, 5.74) is 1.58. The van der Waals surface area contributed by atoms with E-state index in [2.05, 4.69) is 21.2 Å². The maximum absolute atomic E-state index is 12.8. The monoisotopic (exact) mass is 364 g/mol. The first kappa shape index (κ1) is 16.6. The quantitative estimate of drug-likeness (QED) is 0.767. The number of rotatable bonds is 7. The van der Waals surface area contributed by atoms with Crippen LogP contribution < -0.4 is 10.2 Å². The van der Waals surface area contributed by atoms with Crippen LogP contribution in [0.4, 0.5) is 18.9 Å². The van der Waals surface area contributed by atoms with Gasteiger partial charge in [0.15, 0.2) is 0 Å². The van der Waals surface area contributed by atoms with Crippen LogP contribution in [0.3, 0.4) is 0 Å². The molecule has 0 bridgehead atoms. The van der Waals surface area contributed by atoms with E-state index in [1.54, 1.807) is 6.07 Å². The molecule has 1 aromatic carbocycles. The largest absolute Gasteiger partial charge is 0.405 e. The van der Waals surface area contributed by atoms with Crippen LogP contribution in [0, 0.1) is 0 Å². The van der Waals surface area contributed by atoms with E-state index in [0.29, 0.717) is 31.2 Å². The Morgan fingerprint density at radius 1 is 1.33 bits per heavy atom. The fourth-order valence-electron chi connectivity index (χ4n) is 2.29. The molecule has 0 unspecified atom stereocenters. The molecule has 21 heavy (non-hydrogen) atoms. The fraction of sp³-hybridized carbons (Fsp3) is 0.600. The van der Waals surface area contributed by atoms with E-state index in [-0.39, 0.29) is 0 Å². The zero-order chi connectivity index (χ0) is 15.5. The zero-order valence-electron chi connectivity index (χ0n) is 12.0. The van der Waals surface area contributed by atoms with Crippen molar-refractivity contribution in [2.24, 2.45) is 0 Å². The van der Waals surface area contributed by atoms with E-state index in [1.807, 2.05) is 19.1 Å². The van der Waals surface area contributed by atoms with Gasteiger partial charge in [-0.15, -0.1) is 0 Å². The molecule has 1 N–H and O–H groups in total. The van der Waals surface area contributed by atoms with Crippen molar-refractivity contribution in [1.29, 1.82) is 0 Å². The lowest BCUT2D eigenvalue weighted by atomic mass is 10.1. The van der Waals surface area contributed by atoms with Crippen molar-refractivity contribution in [2.45, 2.75) is 44.9 Å². The highest BCUT2D eigenvalue weighted by atomic mass is 79.9. The van der Waals surface area contributed by atoms with Crippen molar-refractivity contribution >= 4 is 21.6 Å². The van der Waals surface area contributed by atoms with Gasteiger partial charge in [-0.1, -0.05) is 28.9 Å². The Hall–Kier alpha value is -0.750. The molecule has 0 amide bonds. The van der Waals surface area contributed by atoms with Crippen LogP contribution in [0.1, 0.15) is 31.7 Å². The maximum Gasteiger partial charge on any atom is 0.405 e. The molecule has 1 fully saturated rings. The number of benzene rings is 1. The summed E-state index contributed by atoms with van der Waals surface area (Å²) in [7, 11) is 0. The molecule has 0 heterocycles. The number of nitrogens with one attached hydrogen (secondary N) is 1. The van der Waals surface area contributed by atoms with Crippen molar-refractivity contribution in [3.8, 4) is 0 Å². The lowest BCUT2D eigenvalue weighted by molar-refractivity contribution is -0.119. The van der Waals surface area contributed by atoms with Gasteiger partial charge < -0.3 is 10.2 Å². The molecule has 1 aliphatic rings. The summed E-state index contributed by atoms with van der Waals surface area (Å²) in [5, 5.41) is 3.37. The summed E-state index contributed by atoms with van der Waals surface area (Å²) in [6.07, 6.45) is -1.20. The smallest absolute Gasteiger partial charge is 0.362 e. The van der Waals surface area contributed by atoms with E-state index in [9.17, 15) is 13.2 Å². The van der Waals surface area contributed by atoms with Crippen LogP contribution in [0.5, 0.6) is 0 Å². The third-order valence-electron chi connectivity index (χ3n) is 3.41. The molecule has 0 atom stereocenters. The highest BCUT2D eigenvalue weighted by molar-refractivity contribution is 9.10. The molecule has 0 aromatic heterocycles. The Labute approximate surface area is 131 Å². The first-order chi connectivity index (χ1) is 9.89. The van der Waals surface area contributed by atoms with E-state index in [4.69, 9.17) is 0 Å². The van der Waals surface area contributed by atoms with Gasteiger partial charge in [0.1, 0.15) is 6.54 Å². The second-order valence-corrected chi connectivity index (χ2v) is 6.38. The van der Waals surface area contributed by atoms with E-state index in [1.165, 1.54) is 4.90 Å². The molecule has 6 heteroatoms. The first-order valence-corrected chi connectivity index (χ1v) is 8.02. The van der Waals surface area contributed by atoms with Crippen LogP contribution >= 0.6 is 15.9 Å². The minimum absolute atomic E-state index is 0.395. The molecule has 2 nitrogen and oxygen atoms in total. The van der Waals surface area contributed by atoms with Crippen molar-refractivity contribution in [1.82, 2.24) is 5.32 Å². The van der Waals surface area contributed by atoms with Gasteiger partial charge in [-0.2, -0.15) is 13.2 Å². The number of hydrogen-bond acceptors (Lipinski definition) is 2. The SMILES string of the molecule is CCCN(CC(F)(F)F)c1cc(Br)ccc1CNC1CC1. The molecule has 1 saturated carbocycles. The van der Waals surface area contributed by atoms with Gasteiger partial charge >= 0.3 is 6.18 Å². The van der Waals surface area contributed by atoms with Gasteiger partial charge in [0.25, 0.3) is 0 Å². The van der Waals surface area contributed by atoms with E-state index < -0.39 is 12.7 Å². The predicted molar refractivity (Wildman–Crippen MR) is 82.6 cm³/mol. The lowest BCUT2D eigenvalue weighted by Crippen LogP contribution is -2.35. The minimum Gasteiger partial charge on any atom is -0.362 e. The Morgan fingerprint density at radius 3 is 2.62 bits per heavy atom.